The summed E-state index contributed by atoms with van der Waals surface area (Å²) in [6.45, 7) is 1.43. The molecule has 1 spiro atoms. The molecule has 1 amide bonds. The highest BCUT2D eigenvalue weighted by atomic mass is 16.4. The number of likely N-dealkylation sites (tertiary alicyclic amines) is 1. The number of aromatic carboxylic acids is 1. The van der Waals surface area contributed by atoms with E-state index in [1.807, 2.05) is 0 Å². The van der Waals surface area contributed by atoms with Crippen LogP contribution in [-0.4, -0.2) is 44.9 Å². The molecule has 0 bridgehead atoms. The first-order valence-electron chi connectivity index (χ1n) is 7.67. The number of aromatic nitrogens is 2. The summed E-state index contributed by atoms with van der Waals surface area (Å²) < 4.78 is 0. The summed E-state index contributed by atoms with van der Waals surface area (Å²) in [6, 6.07) is 0. The largest absolute Gasteiger partial charge is 0.477 e. The molecule has 0 radical (unpaired) electrons. The Kier molecular flexibility index (Phi) is 3.69. The summed E-state index contributed by atoms with van der Waals surface area (Å²) in [5.74, 6) is -1.41. The van der Waals surface area contributed by atoms with E-state index in [2.05, 4.69) is 9.97 Å². The summed E-state index contributed by atoms with van der Waals surface area (Å²) in [7, 11) is 0. The maximum atomic E-state index is 12.4. The van der Waals surface area contributed by atoms with Crippen LogP contribution in [0.1, 0.15) is 65.9 Å². The minimum Gasteiger partial charge on any atom is -0.477 e. The van der Waals surface area contributed by atoms with Crippen LogP contribution in [0.5, 0.6) is 0 Å². The standard InChI is InChI=1S/C15H21N3O3/c19-13(11-12(14(20)21)17-10-16-11)18-8-6-15(7-9-18)4-2-1-3-5-15/h10H,1-9H2,(H,16,17)(H,20,21). The molecule has 0 atom stereocenters. The number of hydrogen-bond acceptors (Lipinski definition) is 3. The monoisotopic (exact) mass is 291 g/mol. The highest BCUT2D eigenvalue weighted by molar-refractivity contribution is 6.02. The lowest BCUT2D eigenvalue weighted by molar-refractivity contribution is 0.0461. The Morgan fingerprint density at radius 1 is 1.14 bits per heavy atom. The number of carbonyl (C=O) groups is 2. The summed E-state index contributed by atoms with van der Waals surface area (Å²) >= 11 is 0. The van der Waals surface area contributed by atoms with E-state index in [4.69, 9.17) is 5.11 Å². The van der Waals surface area contributed by atoms with E-state index in [9.17, 15) is 9.59 Å². The van der Waals surface area contributed by atoms with Crippen molar-refractivity contribution in [1.29, 1.82) is 0 Å². The number of carboxylic acid groups (broad SMARTS) is 1. The van der Waals surface area contributed by atoms with E-state index in [1.54, 1.807) is 4.90 Å². The third-order valence-electron chi connectivity index (χ3n) is 5.08. The molecule has 2 heterocycles. The molecule has 3 rings (SSSR count). The van der Waals surface area contributed by atoms with Crippen LogP contribution in [-0.2, 0) is 0 Å². The van der Waals surface area contributed by atoms with E-state index in [-0.39, 0.29) is 17.3 Å². The van der Waals surface area contributed by atoms with Gasteiger partial charge in [0.05, 0.1) is 6.33 Å². The van der Waals surface area contributed by atoms with Crippen molar-refractivity contribution in [2.75, 3.05) is 13.1 Å². The molecule has 6 nitrogen and oxygen atoms in total. The van der Waals surface area contributed by atoms with Crippen molar-refractivity contribution in [3.05, 3.63) is 17.7 Å². The predicted molar refractivity (Wildman–Crippen MR) is 76.2 cm³/mol. The van der Waals surface area contributed by atoms with Crippen LogP contribution < -0.4 is 0 Å². The SMILES string of the molecule is O=C(O)c1[nH]cnc1C(=O)N1CCC2(CCCCC2)CC1. The molecule has 1 aliphatic carbocycles. The maximum Gasteiger partial charge on any atom is 0.354 e. The van der Waals surface area contributed by atoms with Crippen LogP contribution in [0.25, 0.3) is 0 Å². The van der Waals surface area contributed by atoms with Gasteiger partial charge in [-0.1, -0.05) is 19.3 Å². The number of amides is 1. The number of nitrogens with one attached hydrogen (secondary N) is 1. The normalized spacial score (nSPS) is 21.4. The van der Waals surface area contributed by atoms with Crippen molar-refractivity contribution in [1.82, 2.24) is 14.9 Å². The third-order valence-corrected chi connectivity index (χ3v) is 5.08. The van der Waals surface area contributed by atoms with E-state index < -0.39 is 5.97 Å². The highest BCUT2D eigenvalue weighted by Gasteiger charge is 2.37. The first-order valence-corrected chi connectivity index (χ1v) is 7.67. The Hall–Kier alpha value is -1.85. The van der Waals surface area contributed by atoms with Gasteiger partial charge in [-0.25, -0.2) is 9.78 Å². The van der Waals surface area contributed by atoms with Gasteiger partial charge in [0.15, 0.2) is 11.4 Å². The molecule has 1 saturated heterocycles. The van der Waals surface area contributed by atoms with Gasteiger partial charge in [0.25, 0.3) is 5.91 Å². The van der Waals surface area contributed by atoms with Gasteiger partial charge in [-0.05, 0) is 31.1 Å². The van der Waals surface area contributed by atoms with Crippen molar-refractivity contribution in [3.63, 3.8) is 0 Å². The number of piperidine rings is 1. The lowest BCUT2D eigenvalue weighted by Gasteiger charge is -2.44. The molecule has 114 valence electrons. The van der Waals surface area contributed by atoms with Crippen LogP contribution in [0.15, 0.2) is 6.33 Å². The van der Waals surface area contributed by atoms with Crippen molar-refractivity contribution in [3.8, 4) is 0 Å². The van der Waals surface area contributed by atoms with Crippen LogP contribution in [0.2, 0.25) is 0 Å². The number of carbonyl (C=O) groups excluding carboxylic acids is 1. The van der Waals surface area contributed by atoms with Gasteiger partial charge in [0.2, 0.25) is 0 Å². The van der Waals surface area contributed by atoms with Crippen LogP contribution in [0.3, 0.4) is 0 Å². The fourth-order valence-corrected chi connectivity index (χ4v) is 3.76. The van der Waals surface area contributed by atoms with Gasteiger partial charge < -0.3 is 15.0 Å². The fourth-order valence-electron chi connectivity index (χ4n) is 3.76. The topological polar surface area (TPSA) is 86.3 Å². The minimum atomic E-state index is -1.14. The van der Waals surface area contributed by atoms with Crippen molar-refractivity contribution >= 4 is 11.9 Å². The zero-order valence-electron chi connectivity index (χ0n) is 12.1. The first-order chi connectivity index (χ1) is 10.1. The fraction of sp³-hybridized carbons (Fsp3) is 0.667. The summed E-state index contributed by atoms with van der Waals surface area (Å²) in [6.07, 6.45) is 9.82. The second kappa shape index (κ2) is 5.50. The highest BCUT2D eigenvalue weighted by Crippen LogP contribution is 2.44. The van der Waals surface area contributed by atoms with E-state index in [0.717, 1.165) is 12.8 Å². The Morgan fingerprint density at radius 3 is 2.43 bits per heavy atom. The van der Waals surface area contributed by atoms with E-state index in [0.29, 0.717) is 18.5 Å². The van der Waals surface area contributed by atoms with Crippen LogP contribution >= 0.6 is 0 Å². The average Bonchev–Trinajstić information content (AvgIpc) is 2.98. The number of hydrogen-bond donors (Lipinski definition) is 2. The van der Waals surface area contributed by atoms with Crippen LogP contribution in [0.4, 0.5) is 0 Å². The molecule has 21 heavy (non-hydrogen) atoms. The van der Waals surface area contributed by atoms with Gasteiger partial charge in [-0.2, -0.15) is 0 Å². The first kappa shape index (κ1) is 14.1. The average molecular weight is 291 g/mol. The van der Waals surface area contributed by atoms with Gasteiger partial charge in [-0.15, -0.1) is 0 Å². The molecule has 0 aromatic carbocycles. The van der Waals surface area contributed by atoms with Gasteiger partial charge >= 0.3 is 5.97 Å². The lowest BCUT2D eigenvalue weighted by Crippen LogP contribution is -2.44. The molecule has 1 aliphatic heterocycles. The second-order valence-electron chi connectivity index (χ2n) is 6.28. The zero-order chi connectivity index (χ0) is 14.9. The summed E-state index contributed by atoms with van der Waals surface area (Å²) in [4.78, 5) is 31.7. The molecule has 6 heteroatoms. The second-order valence-corrected chi connectivity index (χ2v) is 6.28. The third kappa shape index (κ3) is 2.66. The molecule has 1 saturated carbocycles. The minimum absolute atomic E-state index is 0.0297. The number of carboxylic acids is 1. The van der Waals surface area contributed by atoms with Gasteiger partial charge in [0, 0.05) is 13.1 Å². The number of aromatic amines is 1. The van der Waals surface area contributed by atoms with Crippen LogP contribution in [0, 0.1) is 5.41 Å². The summed E-state index contributed by atoms with van der Waals surface area (Å²) in [5, 5.41) is 9.06. The molecule has 2 N–H and O–H groups in total. The lowest BCUT2D eigenvalue weighted by atomic mass is 9.68. The maximum absolute atomic E-state index is 12.4. The Morgan fingerprint density at radius 2 is 1.81 bits per heavy atom. The molecule has 0 unspecified atom stereocenters. The summed E-state index contributed by atoms with van der Waals surface area (Å²) in [5.41, 5.74) is 0.344. The number of rotatable bonds is 2. The van der Waals surface area contributed by atoms with Crippen molar-refractivity contribution in [2.24, 2.45) is 5.41 Å². The van der Waals surface area contributed by atoms with Crippen molar-refractivity contribution in [2.45, 2.75) is 44.9 Å². The van der Waals surface area contributed by atoms with Gasteiger partial charge in [-0.3, -0.25) is 4.79 Å². The van der Waals surface area contributed by atoms with E-state index >= 15 is 0 Å². The Labute approximate surface area is 123 Å². The van der Waals surface area contributed by atoms with E-state index in [1.165, 1.54) is 38.4 Å². The van der Waals surface area contributed by atoms with Crippen molar-refractivity contribution < 1.29 is 14.7 Å². The smallest absolute Gasteiger partial charge is 0.354 e. The number of imidazole rings is 1. The van der Waals surface area contributed by atoms with Gasteiger partial charge in [0.1, 0.15) is 0 Å². The number of nitrogens with zero attached hydrogens (tertiary/aromatic N) is 2. The molecule has 2 fully saturated rings. The quantitative estimate of drug-likeness (QED) is 0.875. The molecule has 1 aromatic rings. The molecule has 1 aromatic heterocycles. The zero-order valence-corrected chi connectivity index (χ0v) is 12.1. The predicted octanol–water partition coefficient (Wildman–Crippen LogP) is 2.29. The number of H-pyrrole nitrogens is 1. The molecule has 2 aliphatic rings. The molecular weight excluding hydrogens is 270 g/mol. The molecular formula is C15H21N3O3. The Balaban J connectivity index is 1.67. The Bertz CT molecular complexity index is 536.